The van der Waals surface area contributed by atoms with Gasteiger partial charge in [-0.2, -0.15) is 13.2 Å². The summed E-state index contributed by atoms with van der Waals surface area (Å²) >= 11 is 0. The number of benzene rings is 1. The third kappa shape index (κ3) is 7.63. The van der Waals surface area contributed by atoms with E-state index in [1.54, 1.807) is 17.1 Å². The number of aliphatic carboxylic acids is 2. The molecular formula is C19H22F4N4O4. The molecule has 0 unspecified atom stereocenters. The van der Waals surface area contributed by atoms with Crippen LogP contribution in [0.15, 0.2) is 36.7 Å². The molecule has 170 valence electrons. The van der Waals surface area contributed by atoms with Gasteiger partial charge in [-0.1, -0.05) is 17.3 Å². The summed E-state index contributed by atoms with van der Waals surface area (Å²) in [5.41, 5.74) is 0.680. The van der Waals surface area contributed by atoms with Gasteiger partial charge in [0.15, 0.2) is 0 Å². The van der Waals surface area contributed by atoms with Gasteiger partial charge in [-0.3, -0.25) is 4.79 Å². The Labute approximate surface area is 174 Å². The van der Waals surface area contributed by atoms with Crippen LogP contribution in [0.25, 0.3) is 5.69 Å². The van der Waals surface area contributed by atoms with Crippen LogP contribution in [0.2, 0.25) is 0 Å². The monoisotopic (exact) mass is 446 g/mol. The molecule has 0 bridgehead atoms. The Kier molecular flexibility index (Phi) is 8.08. The maximum absolute atomic E-state index is 14.7. The van der Waals surface area contributed by atoms with Crippen molar-refractivity contribution < 1.29 is 37.4 Å². The summed E-state index contributed by atoms with van der Waals surface area (Å²) in [6.07, 6.45) is -0.243. The number of hydrogen-bond donors (Lipinski definition) is 3. The van der Waals surface area contributed by atoms with Gasteiger partial charge in [0.25, 0.3) is 0 Å². The molecule has 0 atom stereocenters. The third-order valence-corrected chi connectivity index (χ3v) is 4.87. The zero-order chi connectivity index (χ0) is 23.1. The number of aromatic nitrogens is 3. The van der Waals surface area contributed by atoms with Gasteiger partial charge in [0.2, 0.25) is 0 Å². The lowest BCUT2D eigenvalue weighted by molar-refractivity contribution is -0.192. The van der Waals surface area contributed by atoms with Crippen molar-refractivity contribution in [3.63, 3.8) is 0 Å². The molecule has 3 rings (SSSR count). The van der Waals surface area contributed by atoms with Crippen molar-refractivity contribution in [3.05, 3.63) is 42.2 Å². The molecule has 1 fully saturated rings. The minimum atomic E-state index is -5.08. The molecule has 31 heavy (non-hydrogen) atoms. The van der Waals surface area contributed by atoms with E-state index >= 15 is 0 Å². The molecule has 3 N–H and O–H groups in total. The Morgan fingerprint density at radius 2 is 1.74 bits per heavy atom. The summed E-state index contributed by atoms with van der Waals surface area (Å²) in [6, 6.07) is 7.82. The normalized spacial score (nSPS) is 21.1. The lowest BCUT2D eigenvalue weighted by Crippen LogP contribution is -2.40. The first-order valence-electron chi connectivity index (χ1n) is 9.38. The summed E-state index contributed by atoms with van der Waals surface area (Å²) in [5, 5.41) is 26.9. The van der Waals surface area contributed by atoms with Gasteiger partial charge in [-0.05, 0) is 43.4 Å². The molecular weight excluding hydrogens is 424 g/mol. The molecule has 0 saturated heterocycles. The van der Waals surface area contributed by atoms with Crippen molar-refractivity contribution in [2.75, 3.05) is 6.54 Å². The first kappa shape index (κ1) is 24.3. The van der Waals surface area contributed by atoms with Gasteiger partial charge in [0.1, 0.15) is 5.67 Å². The second kappa shape index (κ2) is 10.3. The van der Waals surface area contributed by atoms with Crippen LogP contribution in [-0.4, -0.2) is 55.5 Å². The Morgan fingerprint density at radius 1 is 1.16 bits per heavy atom. The molecule has 1 saturated carbocycles. The Morgan fingerprint density at radius 3 is 2.19 bits per heavy atom. The highest BCUT2D eigenvalue weighted by Crippen LogP contribution is 2.34. The standard InChI is InChI=1S/C17H21FN4O2.C2HF3O2/c18-17(7-5-14(6-8-17)16(23)24)12-19-11-13-1-3-15(4-2-13)22-10-9-20-21-22;3-2(4,5)1(6)7/h1-4,9-10,14,19H,5-8,11-12H2,(H,23,24);(H,6,7). The molecule has 1 heterocycles. The van der Waals surface area contributed by atoms with Crippen LogP contribution in [0.1, 0.15) is 31.2 Å². The molecule has 0 spiro atoms. The Hall–Kier alpha value is -3.02. The molecule has 2 aromatic rings. The summed E-state index contributed by atoms with van der Waals surface area (Å²) in [7, 11) is 0. The number of carboxylic acids is 2. The molecule has 8 nitrogen and oxygen atoms in total. The summed E-state index contributed by atoms with van der Waals surface area (Å²) in [6.45, 7) is 0.829. The van der Waals surface area contributed by atoms with E-state index in [9.17, 15) is 22.4 Å². The number of nitrogens with one attached hydrogen (secondary N) is 1. The number of carboxylic acid groups (broad SMARTS) is 2. The fraction of sp³-hybridized carbons (Fsp3) is 0.474. The van der Waals surface area contributed by atoms with E-state index in [1.165, 1.54) is 0 Å². The van der Waals surface area contributed by atoms with Gasteiger partial charge in [0.05, 0.1) is 24.0 Å². The van der Waals surface area contributed by atoms with E-state index < -0.39 is 29.7 Å². The van der Waals surface area contributed by atoms with Gasteiger partial charge in [0, 0.05) is 13.1 Å². The van der Waals surface area contributed by atoms with Crippen LogP contribution in [0.3, 0.4) is 0 Å². The predicted molar refractivity (Wildman–Crippen MR) is 100 cm³/mol. The maximum Gasteiger partial charge on any atom is 0.490 e. The van der Waals surface area contributed by atoms with Crippen LogP contribution in [0.4, 0.5) is 17.6 Å². The van der Waals surface area contributed by atoms with Crippen molar-refractivity contribution in [2.45, 2.75) is 44.1 Å². The number of carbonyl (C=O) groups is 2. The van der Waals surface area contributed by atoms with E-state index in [2.05, 4.69) is 15.6 Å². The first-order valence-corrected chi connectivity index (χ1v) is 9.38. The minimum absolute atomic E-state index is 0.254. The lowest BCUT2D eigenvalue weighted by Gasteiger charge is -2.32. The van der Waals surface area contributed by atoms with Crippen molar-refractivity contribution >= 4 is 11.9 Å². The predicted octanol–water partition coefficient (Wildman–Crippen LogP) is 2.97. The third-order valence-electron chi connectivity index (χ3n) is 4.87. The van der Waals surface area contributed by atoms with Gasteiger partial charge < -0.3 is 15.5 Å². The topological polar surface area (TPSA) is 117 Å². The average Bonchev–Trinajstić information content (AvgIpc) is 3.23. The fourth-order valence-electron chi connectivity index (χ4n) is 3.10. The zero-order valence-electron chi connectivity index (χ0n) is 16.3. The smallest absolute Gasteiger partial charge is 0.481 e. The number of nitrogens with zero attached hydrogens (tertiary/aromatic N) is 3. The molecule has 1 aromatic heterocycles. The molecule has 0 amide bonds. The Bertz CT molecular complexity index is 849. The second-order valence-electron chi connectivity index (χ2n) is 7.18. The largest absolute Gasteiger partial charge is 0.490 e. The summed E-state index contributed by atoms with van der Waals surface area (Å²) in [5.74, 6) is -3.96. The van der Waals surface area contributed by atoms with Gasteiger partial charge >= 0.3 is 18.1 Å². The lowest BCUT2D eigenvalue weighted by atomic mass is 9.80. The maximum atomic E-state index is 14.7. The molecule has 1 aliphatic carbocycles. The minimum Gasteiger partial charge on any atom is -0.481 e. The zero-order valence-corrected chi connectivity index (χ0v) is 16.3. The fourth-order valence-corrected chi connectivity index (χ4v) is 3.10. The van der Waals surface area contributed by atoms with Crippen LogP contribution < -0.4 is 5.32 Å². The second-order valence-corrected chi connectivity index (χ2v) is 7.18. The van der Waals surface area contributed by atoms with E-state index in [-0.39, 0.29) is 6.54 Å². The van der Waals surface area contributed by atoms with Gasteiger partial charge in [-0.15, -0.1) is 5.10 Å². The van der Waals surface area contributed by atoms with Crippen LogP contribution in [0.5, 0.6) is 0 Å². The summed E-state index contributed by atoms with van der Waals surface area (Å²) < 4.78 is 48.1. The van der Waals surface area contributed by atoms with Crippen molar-refractivity contribution in [1.29, 1.82) is 0 Å². The molecule has 0 radical (unpaired) electrons. The quantitative estimate of drug-likeness (QED) is 0.584. The Balaban J connectivity index is 0.000000423. The number of alkyl halides is 4. The average molecular weight is 446 g/mol. The van der Waals surface area contributed by atoms with E-state index in [0.717, 1.165) is 11.3 Å². The van der Waals surface area contributed by atoms with E-state index in [1.807, 2.05) is 24.3 Å². The molecule has 1 aliphatic rings. The van der Waals surface area contributed by atoms with Crippen LogP contribution >= 0.6 is 0 Å². The highest BCUT2D eigenvalue weighted by atomic mass is 19.4. The molecule has 0 aliphatic heterocycles. The number of rotatable bonds is 6. The summed E-state index contributed by atoms with van der Waals surface area (Å²) in [4.78, 5) is 19.8. The highest BCUT2D eigenvalue weighted by Gasteiger charge is 2.38. The molecule has 1 aromatic carbocycles. The van der Waals surface area contributed by atoms with E-state index in [0.29, 0.717) is 32.2 Å². The van der Waals surface area contributed by atoms with Crippen molar-refractivity contribution in [2.24, 2.45) is 5.92 Å². The first-order chi connectivity index (χ1) is 14.5. The number of halogens is 4. The van der Waals surface area contributed by atoms with Crippen LogP contribution in [0, 0.1) is 5.92 Å². The van der Waals surface area contributed by atoms with Crippen molar-refractivity contribution in [3.8, 4) is 5.69 Å². The van der Waals surface area contributed by atoms with E-state index in [4.69, 9.17) is 15.0 Å². The van der Waals surface area contributed by atoms with Gasteiger partial charge in [-0.25, -0.2) is 13.9 Å². The molecule has 12 heteroatoms. The number of hydrogen-bond acceptors (Lipinski definition) is 5. The SMILES string of the molecule is O=C(O)C(F)(F)F.O=C(O)C1CCC(F)(CNCc2ccc(-n3ccnn3)cc2)CC1. The van der Waals surface area contributed by atoms with Crippen LogP contribution in [-0.2, 0) is 16.1 Å². The van der Waals surface area contributed by atoms with Crippen molar-refractivity contribution in [1.82, 2.24) is 20.3 Å². The highest BCUT2D eigenvalue weighted by molar-refractivity contribution is 5.73.